The summed E-state index contributed by atoms with van der Waals surface area (Å²) < 4.78 is 4.61. The number of hydrogen-bond acceptors (Lipinski definition) is 6. The van der Waals surface area contributed by atoms with E-state index < -0.39 is 22.6 Å². The number of aliphatic hydroxyl groups is 1. The van der Waals surface area contributed by atoms with Crippen molar-refractivity contribution in [1.82, 2.24) is 4.90 Å². The van der Waals surface area contributed by atoms with Crippen molar-refractivity contribution >= 4 is 46.0 Å². The number of hydrogen-bond donors (Lipinski definition) is 2. The van der Waals surface area contributed by atoms with Crippen LogP contribution in [0.3, 0.4) is 0 Å². The molecule has 2 N–H and O–H groups in total. The van der Waals surface area contributed by atoms with Crippen molar-refractivity contribution in [3.63, 3.8) is 0 Å². The Hall–Kier alpha value is -2.58. The number of nitrogens with zero attached hydrogens (tertiary/aromatic N) is 1. The van der Waals surface area contributed by atoms with Gasteiger partial charge in [-0.1, -0.05) is 37.3 Å². The van der Waals surface area contributed by atoms with Crippen LogP contribution in [0.1, 0.15) is 20.3 Å². The van der Waals surface area contributed by atoms with Crippen LogP contribution in [0.4, 0.5) is 5.69 Å². The van der Waals surface area contributed by atoms with E-state index in [1.807, 2.05) is 42.5 Å². The molecule has 3 fully saturated rings. The first-order valence-electron chi connectivity index (χ1n) is 11.5. The number of fused-ring (bicyclic) bond motifs is 2. The molecule has 3 saturated heterocycles. The van der Waals surface area contributed by atoms with Gasteiger partial charge in [-0.2, -0.15) is 0 Å². The molecule has 33 heavy (non-hydrogen) atoms. The zero-order chi connectivity index (χ0) is 23.3. The number of nitrogens with one attached hydrogen (secondary N) is 1. The van der Waals surface area contributed by atoms with E-state index in [1.54, 1.807) is 18.7 Å². The molecule has 8 heteroatoms. The second-order valence-corrected chi connectivity index (χ2v) is 10.7. The van der Waals surface area contributed by atoms with Gasteiger partial charge in [0.2, 0.25) is 11.8 Å². The lowest BCUT2D eigenvalue weighted by Crippen LogP contribution is -2.54. The first-order valence-corrected chi connectivity index (χ1v) is 12.4. The first kappa shape index (κ1) is 22.2. The highest BCUT2D eigenvalue weighted by atomic mass is 32.2. The van der Waals surface area contributed by atoms with Gasteiger partial charge in [0.25, 0.3) is 0 Å². The summed E-state index contributed by atoms with van der Waals surface area (Å²) in [7, 11) is 0. The predicted octanol–water partition coefficient (Wildman–Crippen LogP) is 2.67. The normalized spacial score (nSPS) is 32.3. The van der Waals surface area contributed by atoms with Gasteiger partial charge >= 0.3 is 5.97 Å². The highest BCUT2D eigenvalue weighted by Gasteiger charge is 2.76. The molecule has 6 atom stereocenters. The lowest BCUT2D eigenvalue weighted by Gasteiger charge is -2.38. The number of aliphatic hydroxyl groups excluding tert-OH is 1. The number of rotatable bonds is 6. The van der Waals surface area contributed by atoms with Gasteiger partial charge in [-0.3, -0.25) is 14.4 Å². The lowest BCUT2D eigenvalue weighted by atomic mass is 9.66. The van der Waals surface area contributed by atoms with Crippen LogP contribution in [0, 0.1) is 17.8 Å². The van der Waals surface area contributed by atoms with E-state index in [9.17, 15) is 19.5 Å². The molecule has 2 bridgehead atoms. The predicted molar refractivity (Wildman–Crippen MR) is 127 cm³/mol. The molecule has 0 saturated carbocycles. The molecular weight excluding hydrogens is 440 g/mol. The fourth-order valence-electron chi connectivity index (χ4n) is 6.15. The van der Waals surface area contributed by atoms with Crippen molar-refractivity contribution in [2.45, 2.75) is 36.3 Å². The largest absolute Gasteiger partial charge is 0.466 e. The monoisotopic (exact) mass is 468 g/mol. The second-order valence-electron chi connectivity index (χ2n) is 9.11. The third-order valence-electron chi connectivity index (χ3n) is 7.41. The van der Waals surface area contributed by atoms with Gasteiger partial charge in [0.05, 0.1) is 29.8 Å². The van der Waals surface area contributed by atoms with Crippen LogP contribution >= 0.6 is 11.8 Å². The van der Waals surface area contributed by atoms with Crippen LogP contribution < -0.4 is 5.32 Å². The van der Waals surface area contributed by atoms with Gasteiger partial charge in [-0.15, -0.1) is 11.8 Å². The lowest BCUT2D eigenvalue weighted by molar-refractivity contribution is -0.154. The van der Waals surface area contributed by atoms with Crippen molar-refractivity contribution in [3.8, 4) is 0 Å². The Labute approximate surface area is 196 Å². The molecule has 2 aromatic rings. The molecule has 3 heterocycles. The van der Waals surface area contributed by atoms with Crippen LogP contribution in [-0.4, -0.2) is 63.6 Å². The Balaban J connectivity index is 1.51. The van der Waals surface area contributed by atoms with Crippen LogP contribution in [0.2, 0.25) is 0 Å². The van der Waals surface area contributed by atoms with E-state index in [4.69, 9.17) is 4.74 Å². The standard InChI is InChI=1S/C25H28N2O5S/c1-3-32-24(31)19-18-12-14(2)25(33-18)20(19)23(30)27(10-11-28)21(25)22(29)26-17-9-8-15-6-4-5-7-16(15)13-17/h4-9,13-14,18-21,28H,3,10-12H2,1-2H3,(H,26,29)/t14?,18-,19+,20-,21?,25?/m0/s1. The minimum atomic E-state index is -0.766. The molecule has 3 aliphatic heterocycles. The van der Waals surface area contributed by atoms with E-state index in [0.717, 1.165) is 17.2 Å². The molecular formula is C25H28N2O5S. The molecule has 2 aromatic carbocycles. The van der Waals surface area contributed by atoms with E-state index in [0.29, 0.717) is 5.69 Å². The Bertz CT molecular complexity index is 1120. The summed E-state index contributed by atoms with van der Waals surface area (Å²) in [4.78, 5) is 41.6. The molecule has 0 aliphatic carbocycles. The Morgan fingerprint density at radius 2 is 2.00 bits per heavy atom. The summed E-state index contributed by atoms with van der Waals surface area (Å²) in [5.41, 5.74) is 0.655. The fraction of sp³-hybridized carbons (Fsp3) is 0.480. The summed E-state index contributed by atoms with van der Waals surface area (Å²) in [6.07, 6.45) is 0.755. The highest BCUT2D eigenvalue weighted by Crippen LogP contribution is 2.68. The number of likely N-dealkylation sites (tertiary alicyclic amines) is 1. The van der Waals surface area contributed by atoms with Crippen molar-refractivity contribution in [1.29, 1.82) is 0 Å². The van der Waals surface area contributed by atoms with Crippen molar-refractivity contribution in [3.05, 3.63) is 42.5 Å². The molecule has 0 aromatic heterocycles. The first-order chi connectivity index (χ1) is 15.9. The number of esters is 1. The van der Waals surface area contributed by atoms with Crippen LogP contribution in [0.15, 0.2) is 42.5 Å². The number of carbonyl (C=O) groups is 3. The third-order valence-corrected chi connectivity index (χ3v) is 9.49. The average Bonchev–Trinajstić information content (AvgIpc) is 3.38. The van der Waals surface area contributed by atoms with Crippen LogP contribution in [0.25, 0.3) is 10.8 Å². The quantitative estimate of drug-likeness (QED) is 0.633. The van der Waals surface area contributed by atoms with Crippen LogP contribution in [-0.2, 0) is 19.1 Å². The number of amides is 2. The van der Waals surface area contributed by atoms with Gasteiger partial charge in [-0.05, 0) is 42.2 Å². The van der Waals surface area contributed by atoms with Gasteiger partial charge in [0.15, 0.2) is 0 Å². The molecule has 0 radical (unpaired) electrons. The summed E-state index contributed by atoms with van der Waals surface area (Å²) in [6, 6.07) is 12.9. The SMILES string of the molecule is CCOC(=O)[C@@H]1[C@@H]2CC(C)C3(S2)C(C(=O)Nc2ccc4ccccc4c2)N(CCO)C(=O)[C@H]13. The second kappa shape index (κ2) is 8.33. The number of ether oxygens (including phenoxy) is 1. The number of anilines is 1. The molecule has 174 valence electrons. The van der Waals surface area contributed by atoms with Crippen molar-refractivity contribution in [2.24, 2.45) is 17.8 Å². The summed E-state index contributed by atoms with van der Waals surface area (Å²) in [6.45, 7) is 3.88. The number of benzene rings is 2. The summed E-state index contributed by atoms with van der Waals surface area (Å²) >= 11 is 1.60. The third kappa shape index (κ3) is 3.26. The maximum absolute atomic E-state index is 13.7. The fourth-order valence-corrected chi connectivity index (χ4v) is 8.56. The van der Waals surface area contributed by atoms with E-state index >= 15 is 0 Å². The Kier molecular flexibility index (Phi) is 5.61. The van der Waals surface area contributed by atoms with E-state index in [2.05, 4.69) is 12.2 Å². The van der Waals surface area contributed by atoms with Gasteiger partial charge in [0.1, 0.15) is 6.04 Å². The molecule has 3 aliphatic rings. The van der Waals surface area contributed by atoms with E-state index in [1.165, 1.54) is 4.90 Å². The number of thioether (sulfide) groups is 1. The van der Waals surface area contributed by atoms with Gasteiger partial charge < -0.3 is 20.1 Å². The Morgan fingerprint density at radius 1 is 1.24 bits per heavy atom. The number of β-amino-alcohol motifs (C(OH)–C–C–N with tert-alkyl or cyclic N) is 1. The smallest absolute Gasteiger partial charge is 0.310 e. The zero-order valence-electron chi connectivity index (χ0n) is 18.7. The number of carbonyl (C=O) groups excluding carboxylic acids is 3. The van der Waals surface area contributed by atoms with Gasteiger partial charge in [0, 0.05) is 17.5 Å². The molecule has 7 nitrogen and oxygen atoms in total. The molecule has 5 rings (SSSR count). The molecule has 2 amide bonds. The van der Waals surface area contributed by atoms with Crippen LogP contribution in [0.5, 0.6) is 0 Å². The van der Waals surface area contributed by atoms with Gasteiger partial charge in [-0.25, -0.2) is 0 Å². The summed E-state index contributed by atoms with van der Waals surface area (Å²) in [5.74, 6) is -1.97. The molecule has 1 spiro atoms. The summed E-state index contributed by atoms with van der Waals surface area (Å²) in [5, 5.41) is 14.7. The minimum Gasteiger partial charge on any atom is -0.466 e. The zero-order valence-corrected chi connectivity index (χ0v) is 19.5. The Morgan fingerprint density at radius 3 is 2.73 bits per heavy atom. The maximum Gasteiger partial charge on any atom is 0.310 e. The topological polar surface area (TPSA) is 95.9 Å². The van der Waals surface area contributed by atoms with Crippen molar-refractivity contribution in [2.75, 3.05) is 25.1 Å². The average molecular weight is 469 g/mol. The minimum absolute atomic E-state index is 0.0414. The highest BCUT2D eigenvalue weighted by molar-refractivity contribution is 8.02. The van der Waals surface area contributed by atoms with Crippen molar-refractivity contribution < 1.29 is 24.2 Å². The molecule has 3 unspecified atom stereocenters. The van der Waals surface area contributed by atoms with E-state index in [-0.39, 0.29) is 48.7 Å². The maximum atomic E-state index is 13.7.